The summed E-state index contributed by atoms with van der Waals surface area (Å²) in [5.41, 5.74) is 8.57. The van der Waals surface area contributed by atoms with Gasteiger partial charge in [-0.2, -0.15) is 5.26 Å². The van der Waals surface area contributed by atoms with Crippen LogP contribution in [-0.4, -0.2) is 28.6 Å². The number of nitrogens with two attached hydrogens (primary N) is 1. The lowest BCUT2D eigenvalue weighted by Gasteiger charge is -2.13. The van der Waals surface area contributed by atoms with E-state index in [0.29, 0.717) is 34.6 Å². The van der Waals surface area contributed by atoms with Crippen molar-refractivity contribution in [2.45, 2.75) is 19.3 Å². The second-order valence-corrected chi connectivity index (χ2v) is 5.89. The van der Waals surface area contributed by atoms with E-state index in [1.54, 1.807) is 24.4 Å². The number of anilines is 2. The number of fused-ring (bicyclic) bond motifs is 1. The van der Waals surface area contributed by atoms with Gasteiger partial charge in [-0.1, -0.05) is 6.92 Å². The van der Waals surface area contributed by atoms with Crippen LogP contribution in [0.1, 0.15) is 41.6 Å². The Morgan fingerprint density at radius 2 is 2.28 bits per heavy atom. The number of carbonyl (C=O) groups is 1. The van der Waals surface area contributed by atoms with E-state index in [-0.39, 0.29) is 17.0 Å². The van der Waals surface area contributed by atoms with Crippen LogP contribution in [0.3, 0.4) is 0 Å². The molecule has 0 radical (unpaired) electrons. The van der Waals surface area contributed by atoms with E-state index in [0.717, 1.165) is 6.42 Å². The molecular weight excluding hydrogens is 340 g/mol. The molecule has 8 heteroatoms. The summed E-state index contributed by atoms with van der Waals surface area (Å²) >= 11 is 5.96. The maximum absolute atomic E-state index is 12.6. The quantitative estimate of drug-likeness (QED) is 0.646. The number of hydrogen-bond acceptors (Lipinski definition) is 6. The number of amides is 1. The molecule has 2 aromatic rings. The van der Waals surface area contributed by atoms with E-state index in [1.807, 2.05) is 6.92 Å². The van der Waals surface area contributed by atoms with Crippen LogP contribution in [0.25, 0.3) is 0 Å². The first kappa shape index (κ1) is 16.9. The summed E-state index contributed by atoms with van der Waals surface area (Å²) in [4.78, 5) is 25.0. The molecule has 0 saturated heterocycles. The zero-order chi connectivity index (χ0) is 18.0. The Hall–Kier alpha value is -2.98. The van der Waals surface area contributed by atoms with Gasteiger partial charge in [0, 0.05) is 18.4 Å². The number of halogens is 1. The average Bonchev–Trinajstić information content (AvgIpc) is 2.91. The summed E-state index contributed by atoms with van der Waals surface area (Å²) < 4.78 is 0. The third-order valence-electron chi connectivity index (χ3n) is 3.84. The van der Waals surface area contributed by atoms with Crippen molar-refractivity contribution in [2.75, 3.05) is 17.6 Å². The number of rotatable bonds is 4. The third kappa shape index (κ3) is 3.16. The number of hydrogen-bond donors (Lipinski definition) is 2. The SMILES string of the molecule is CCCN=Cc1c(N)nc(Cl)nc1C1C(=O)Nc2ccc(C#N)cc21. The minimum absolute atomic E-state index is 0.0437. The Balaban J connectivity index is 2.17. The molecule has 3 N–H and O–H groups in total. The molecule has 1 amide bonds. The van der Waals surface area contributed by atoms with Crippen LogP contribution in [0.15, 0.2) is 23.2 Å². The maximum Gasteiger partial charge on any atom is 0.238 e. The second-order valence-electron chi connectivity index (χ2n) is 5.55. The van der Waals surface area contributed by atoms with Gasteiger partial charge in [0.1, 0.15) is 11.7 Å². The van der Waals surface area contributed by atoms with Gasteiger partial charge >= 0.3 is 0 Å². The molecular formula is C17H15ClN6O. The van der Waals surface area contributed by atoms with Crippen LogP contribution < -0.4 is 11.1 Å². The molecule has 0 fully saturated rings. The van der Waals surface area contributed by atoms with E-state index in [1.165, 1.54) is 0 Å². The molecule has 3 rings (SSSR count). The number of aromatic nitrogens is 2. The van der Waals surface area contributed by atoms with Crippen molar-refractivity contribution in [1.82, 2.24) is 9.97 Å². The zero-order valence-corrected chi connectivity index (χ0v) is 14.2. The molecule has 1 aromatic heterocycles. The molecule has 0 aliphatic carbocycles. The number of nitrogens with one attached hydrogen (secondary N) is 1. The van der Waals surface area contributed by atoms with Crippen LogP contribution in [0, 0.1) is 11.3 Å². The van der Waals surface area contributed by atoms with Crippen molar-refractivity contribution in [3.63, 3.8) is 0 Å². The van der Waals surface area contributed by atoms with Crippen molar-refractivity contribution in [3.8, 4) is 6.07 Å². The number of nitrogen functional groups attached to an aromatic ring is 1. The number of nitrogens with zero attached hydrogens (tertiary/aromatic N) is 4. The van der Waals surface area contributed by atoms with Gasteiger partial charge in [-0.25, -0.2) is 9.97 Å². The molecule has 126 valence electrons. The summed E-state index contributed by atoms with van der Waals surface area (Å²) in [6, 6.07) is 7.08. The van der Waals surface area contributed by atoms with Gasteiger partial charge in [0.25, 0.3) is 0 Å². The standard InChI is InChI=1S/C17H15ClN6O/c1-2-5-21-8-11-14(23-17(18)24-15(11)20)13-10-6-9(7-19)3-4-12(10)22-16(13)25/h3-4,6,8,13H,2,5H2,1H3,(H,22,25)(H2,20,23,24). The first-order chi connectivity index (χ1) is 12.0. The molecule has 1 aliphatic heterocycles. The van der Waals surface area contributed by atoms with E-state index in [9.17, 15) is 4.79 Å². The Morgan fingerprint density at radius 3 is 3.00 bits per heavy atom. The highest BCUT2D eigenvalue weighted by Crippen LogP contribution is 2.38. The van der Waals surface area contributed by atoms with Crippen molar-refractivity contribution >= 4 is 35.2 Å². The molecule has 25 heavy (non-hydrogen) atoms. The first-order valence-electron chi connectivity index (χ1n) is 7.72. The fraction of sp³-hybridized carbons (Fsp3) is 0.235. The lowest BCUT2D eigenvalue weighted by atomic mass is 9.93. The predicted octanol–water partition coefficient (Wildman–Crippen LogP) is 2.50. The van der Waals surface area contributed by atoms with Gasteiger partial charge in [-0.05, 0) is 41.8 Å². The molecule has 7 nitrogen and oxygen atoms in total. The van der Waals surface area contributed by atoms with Crippen LogP contribution in [0.4, 0.5) is 11.5 Å². The average molecular weight is 355 g/mol. The van der Waals surface area contributed by atoms with E-state index in [2.05, 4.69) is 26.3 Å². The minimum atomic E-state index is -0.728. The summed E-state index contributed by atoms with van der Waals surface area (Å²) in [7, 11) is 0. The van der Waals surface area contributed by atoms with Crippen LogP contribution in [0.2, 0.25) is 5.28 Å². The van der Waals surface area contributed by atoms with Gasteiger partial charge in [0.15, 0.2) is 0 Å². The van der Waals surface area contributed by atoms with Crippen molar-refractivity contribution in [2.24, 2.45) is 4.99 Å². The Labute approximate surface area is 149 Å². The number of benzene rings is 1. The lowest BCUT2D eigenvalue weighted by Crippen LogP contribution is -2.18. The first-order valence-corrected chi connectivity index (χ1v) is 8.10. The van der Waals surface area contributed by atoms with Gasteiger partial charge in [-0.3, -0.25) is 9.79 Å². The molecule has 0 bridgehead atoms. The van der Waals surface area contributed by atoms with Crippen LogP contribution in [-0.2, 0) is 4.79 Å². The van der Waals surface area contributed by atoms with E-state index >= 15 is 0 Å². The second kappa shape index (κ2) is 6.87. The zero-order valence-electron chi connectivity index (χ0n) is 13.5. The molecule has 1 atom stereocenters. The topological polar surface area (TPSA) is 117 Å². The summed E-state index contributed by atoms with van der Waals surface area (Å²) in [5.74, 6) is -0.828. The fourth-order valence-corrected chi connectivity index (χ4v) is 2.90. The smallest absolute Gasteiger partial charge is 0.238 e. The highest BCUT2D eigenvalue weighted by Gasteiger charge is 2.35. The monoisotopic (exact) mass is 354 g/mol. The summed E-state index contributed by atoms with van der Waals surface area (Å²) in [6.07, 6.45) is 2.45. The van der Waals surface area contributed by atoms with Gasteiger partial charge in [0.05, 0.1) is 22.9 Å². The molecule has 0 saturated carbocycles. The Bertz CT molecular complexity index is 918. The maximum atomic E-state index is 12.6. The van der Waals surface area contributed by atoms with Gasteiger partial charge in [0.2, 0.25) is 11.2 Å². The van der Waals surface area contributed by atoms with Crippen LogP contribution in [0.5, 0.6) is 0 Å². The highest BCUT2D eigenvalue weighted by molar-refractivity contribution is 6.28. The third-order valence-corrected chi connectivity index (χ3v) is 4.00. The van der Waals surface area contributed by atoms with Gasteiger partial charge in [-0.15, -0.1) is 0 Å². The molecule has 2 heterocycles. The Kier molecular flexibility index (Phi) is 4.63. The van der Waals surface area contributed by atoms with Gasteiger partial charge < -0.3 is 11.1 Å². The molecule has 0 spiro atoms. The molecule has 1 aromatic carbocycles. The number of aliphatic imine (C=N–C) groups is 1. The fourth-order valence-electron chi connectivity index (χ4n) is 2.72. The number of nitriles is 1. The van der Waals surface area contributed by atoms with Crippen molar-refractivity contribution in [3.05, 3.63) is 45.9 Å². The normalized spacial score (nSPS) is 15.9. The van der Waals surface area contributed by atoms with E-state index in [4.69, 9.17) is 22.6 Å². The van der Waals surface area contributed by atoms with E-state index < -0.39 is 5.92 Å². The number of carbonyl (C=O) groups excluding carboxylic acids is 1. The molecule has 1 unspecified atom stereocenters. The minimum Gasteiger partial charge on any atom is -0.383 e. The Morgan fingerprint density at radius 1 is 1.48 bits per heavy atom. The van der Waals surface area contributed by atoms with Crippen molar-refractivity contribution in [1.29, 1.82) is 5.26 Å². The highest BCUT2D eigenvalue weighted by atomic mass is 35.5. The summed E-state index contributed by atoms with van der Waals surface area (Å²) in [5, 5.41) is 11.9. The lowest BCUT2D eigenvalue weighted by molar-refractivity contribution is -0.116. The summed E-state index contributed by atoms with van der Waals surface area (Å²) in [6.45, 7) is 2.62. The largest absolute Gasteiger partial charge is 0.383 e. The molecule has 1 aliphatic rings. The predicted molar refractivity (Wildman–Crippen MR) is 95.8 cm³/mol. The van der Waals surface area contributed by atoms with Crippen molar-refractivity contribution < 1.29 is 4.79 Å². The van der Waals surface area contributed by atoms with Crippen LogP contribution >= 0.6 is 11.6 Å².